The van der Waals surface area contributed by atoms with Gasteiger partial charge in [0, 0.05) is 13.1 Å². The summed E-state index contributed by atoms with van der Waals surface area (Å²) >= 11 is 0. The van der Waals surface area contributed by atoms with Gasteiger partial charge in [0.2, 0.25) is 0 Å². The van der Waals surface area contributed by atoms with Gasteiger partial charge < -0.3 is 15.2 Å². The summed E-state index contributed by atoms with van der Waals surface area (Å²) in [6.07, 6.45) is 0. The van der Waals surface area contributed by atoms with Crippen LogP contribution in [0.1, 0.15) is 12.5 Å². The van der Waals surface area contributed by atoms with Crippen molar-refractivity contribution < 1.29 is 15.2 Å². The van der Waals surface area contributed by atoms with Crippen LogP contribution < -0.4 is 5.46 Å². The van der Waals surface area contributed by atoms with Gasteiger partial charge >= 0.3 is 7.12 Å². The van der Waals surface area contributed by atoms with Crippen LogP contribution in [0.4, 0.5) is 0 Å². The van der Waals surface area contributed by atoms with Crippen molar-refractivity contribution >= 4 is 12.6 Å². The maximum absolute atomic E-state index is 9.04. The van der Waals surface area contributed by atoms with Crippen molar-refractivity contribution in [3.8, 4) is 0 Å². The summed E-state index contributed by atoms with van der Waals surface area (Å²) in [5.74, 6) is 0. The minimum atomic E-state index is -1.42. The number of rotatable bonds is 6. The summed E-state index contributed by atoms with van der Waals surface area (Å²) in [5.41, 5.74) is 1.51. The van der Waals surface area contributed by atoms with E-state index in [1.165, 1.54) is 0 Å². The molecule has 0 aliphatic rings. The molecule has 0 aliphatic heterocycles. The number of hydrogen-bond donors (Lipinski definition) is 3. The van der Waals surface area contributed by atoms with Gasteiger partial charge in [-0.2, -0.15) is 0 Å². The summed E-state index contributed by atoms with van der Waals surface area (Å²) in [6.45, 7) is 4.35. The molecule has 0 unspecified atom stereocenters. The molecule has 0 bridgehead atoms. The molecule has 0 radical (unpaired) electrons. The standard InChI is InChI=1S/C11H18BNO3/c1-2-13(6-7-14)9-10-4-3-5-11(8-10)12(15)16/h3-5,8,14-16H,2,6-7,9H2,1H3. The van der Waals surface area contributed by atoms with E-state index in [1.807, 2.05) is 13.0 Å². The molecule has 1 aromatic rings. The molecule has 0 spiro atoms. The maximum atomic E-state index is 9.04. The Morgan fingerprint density at radius 1 is 1.31 bits per heavy atom. The molecular weight excluding hydrogens is 205 g/mol. The van der Waals surface area contributed by atoms with Gasteiger partial charge in [-0.25, -0.2) is 0 Å². The molecule has 0 heterocycles. The maximum Gasteiger partial charge on any atom is 0.488 e. The van der Waals surface area contributed by atoms with Crippen LogP contribution >= 0.6 is 0 Å². The fourth-order valence-electron chi connectivity index (χ4n) is 1.60. The van der Waals surface area contributed by atoms with E-state index in [1.54, 1.807) is 18.2 Å². The highest BCUT2D eigenvalue weighted by molar-refractivity contribution is 6.58. The smallest absolute Gasteiger partial charge is 0.423 e. The van der Waals surface area contributed by atoms with Crippen molar-refractivity contribution in [2.45, 2.75) is 13.5 Å². The van der Waals surface area contributed by atoms with E-state index in [9.17, 15) is 0 Å². The lowest BCUT2D eigenvalue weighted by Gasteiger charge is -2.19. The van der Waals surface area contributed by atoms with Crippen LogP contribution in [-0.2, 0) is 6.54 Å². The van der Waals surface area contributed by atoms with Crippen LogP contribution in [0.15, 0.2) is 24.3 Å². The number of aliphatic hydroxyl groups excluding tert-OH is 1. The third-order valence-electron chi connectivity index (χ3n) is 2.52. The second-order valence-electron chi connectivity index (χ2n) is 3.71. The minimum Gasteiger partial charge on any atom is -0.423 e. The van der Waals surface area contributed by atoms with E-state index in [0.717, 1.165) is 12.1 Å². The van der Waals surface area contributed by atoms with E-state index in [2.05, 4.69) is 4.90 Å². The van der Waals surface area contributed by atoms with Crippen LogP contribution in [0.5, 0.6) is 0 Å². The average Bonchev–Trinajstić information content (AvgIpc) is 2.29. The van der Waals surface area contributed by atoms with Crippen molar-refractivity contribution in [2.24, 2.45) is 0 Å². The summed E-state index contributed by atoms with van der Waals surface area (Å²) in [4.78, 5) is 2.09. The molecule has 88 valence electrons. The first-order valence-corrected chi connectivity index (χ1v) is 5.45. The zero-order valence-electron chi connectivity index (χ0n) is 9.50. The van der Waals surface area contributed by atoms with Crippen LogP contribution in [0.3, 0.4) is 0 Å². The Bertz CT molecular complexity index is 320. The lowest BCUT2D eigenvalue weighted by Crippen LogP contribution is -2.31. The Balaban J connectivity index is 2.68. The molecule has 0 aromatic heterocycles. The van der Waals surface area contributed by atoms with Gasteiger partial charge in [-0.15, -0.1) is 0 Å². The van der Waals surface area contributed by atoms with E-state index >= 15 is 0 Å². The third kappa shape index (κ3) is 3.94. The van der Waals surface area contributed by atoms with Crippen molar-refractivity contribution in [1.82, 2.24) is 4.90 Å². The molecule has 3 N–H and O–H groups in total. The Morgan fingerprint density at radius 3 is 2.62 bits per heavy atom. The van der Waals surface area contributed by atoms with Gasteiger partial charge in [-0.05, 0) is 17.6 Å². The Hall–Kier alpha value is -0.875. The zero-order valence-corrected chi connectivity index (χ0v) is 9.50. The predicted molar refractivity (Wildman–Crippen MR) is 64.3 cm³/mol. The molecule has 5 heteroatoms. The molecule has 1 rings (SSSR count). The number of nitrogens with zero attached hydrogens (tertiary/aromatic N) is 1. The number of aliphatic hydroxyl groups is 1. The summed E-state index contributed by atoms with van der Waals surface area (Å²) in [7, 11) is -1.42. The van der Waals surface area contributed by atoms with Crippen LogP contribution in [-0.4, -0.2) is 46.9 Å². The van der Waals surface area contributed by atoms with Crippen molar-refractivity contribution in [3.05, 3.63) is 29.8 Å². The molecule has 0 atom stereocenters. The first kappa shape index (κ1) is 13.2. The quantitative estimate of drug-likeness (QED) is 0.551. The number of benzene rings is 1. The number of hydrogen-bond acceptors (Lipinski definition) is 4. The molecule has 0 saturated carbocycles. The summed E-state index contributed by atoms with van der Waals surface area (Å²) in [5, 5.41) is 27.0. The van der Waals surface area contributed by atoms with Crippen molar-refractivity contribution in [1.29, 1.82) is 0 Å². The van der Waals surface area contributed by atoms with Gasteiger partial charge in [0.05, 0.1) is 6.61 Å². The highest BCUT2D eigenvalue weighted by Gasteiger charge is 2.11. The third-order valence-corrected chi connectivity index (χ3v) is 2.52. The van der Waals surface area contributed by atoms with E-state index in [4.69, 9.17) is 15.2 Å². The van der Waals surface area contributed by atoms with Crippen LogP contribution in [0.2, 0.25) is 0 Å². The summed E-state index contributed by atoms with van der Waals surface area (Å²) in [6, 6.07) is 7.18. The van der Waals surface area contributed by atoms with Gasteiger partial charge in [0.25, 0.3) is 0 Å². The second kappa shape index (κ2) is 6.65. The highest BCUT2D eigenvalue weighted by atomic mass is 16.4. The molecule has 0 amide bonds. The van der Waals surface area contributed by atoms with Crippen LogP contribution in [0.25, 0.3) is 0 Å². The van der Waals surface area contributed by atoms with Crippen LogP contribution in [0, 0.1) is 0 Å². The molecular formula is C11H18BNO3. The van der Waals surface area contributed by atoms with E-state index < -0.39 is 7.12 Å². The fraction of sp³-hybridized carbons (Fsp3) is 0.455. The normalized spacial score (nSPS) is 10.8. The SMILES string of the molecule is CCN(CCO)Cc1cccc(B(O)O)c1. The first-order chi connectivity index (χ1) is 7.67. The Kier molecular flexibility index (Phi) is 5.48. The Labute approximate surface area is 96.3 Å². The van der Waals surface area contributed by atoms with Gasteiger partial charge in [0.1, 0.15) is 0 Å². The first-order valence-electron chi connectivity index (χ1n) is 5.45. The topological polar surface area (TPSA) is 63.9 Å². The number of likely N-dealkylation sites (N-methyl/N-ethyl adjacent to an activating group) is 1. The molecule has 0 fully saturated rings. The fourth-order valence-corrected chi connectivity index (χ4v) is 1.60. The molecule has 0 aliphatic carbocycles. The Morgan fingerprint density at radius 2 is 2.06 bits per heavy atom. The molecule has 16 heavy (non-hydrogen) atoms. The molecule has 1 aromatic carbocycles. The largest absolute Gasteiger partial charge is 0.488 e. The second-order valence-corrected chi connectivity index (χ2v) is 3.71. The highest BCUT2D eigenvalue weighted by Crippen LogP contribution is 2.02. The lowest BCUT2D eigenvalue weighted by atomic mass is 9.79. The predicted octanol–water partition coefficient (Wildman–Crippen LogP) is -0.819. The van der Waals surface area contributed by atoms with E-state index in [0.29, 0.717) is 18.6 Å². The average molecular weight is 223 g/mol. The van der Waals surface area contributed by atoms with Gasteiger partial charge in [0.15, 0.2) is 0 Å². The monoisotopic (exact) mass is 223 g/mol. The summed E-state index contributed by atoms with van der Waals surface area (Å²) < 4.78 is 0. The minimum absolute atomic E-state index is 0.135. The van der Waals surface area contributed by atoms with Gasteiger partial charge in [-0.3, -0.25) is 4.90 Å². The molecule has 0 saturated heterocycles. The van der Waals surface area contributed by atoms with E-state index in [-0.39, 0.29) is 6.61 Å². The van der Waals surface area contributed by atoms with Crippen molar-refractivity contribution in [3.63, 3.8) is 0 Å². The lowest BCUT2D eigenvalue weighted by molar-refractivity contribution is 0.197. The zero-order chi connectivity index (χ0) is 12.0. The van der Waals surface area contributed by atoms with Crippen molar-refractivity contribution in [2.75, 3.05) is 19.7 Å². The van der Waals surface area contributed by atoms with Gasteiger partial charge in [-0.1, -0.05) is 31.2 Å². The molecule has 4 nitrogen and oxygen atoms in total.